The van der Waals surface area contributed by atoms with Crippen LogP contribution in [0.5, 0.6) is 11.5 Å². The number of hydrogen-bond donors (Lipinski definition) is 2. The van der Waals surface area contributed by atoms with Crippen molar-refractivity contribution >= 4 is 34.8 Å². The predicted octanol–water partition coefficient (Wildman–Crippen LogP) is 4.26. The highest BCUT2D eigenvalue weighted by Gasteiger charge is 2.14. The van der Waals surface area contributed by atoms with Crippen LogP contribution in [0.1, 0.15) is 11.5 Å². The number of benzene rings is 2. The molecule has 0 bridgehead atoms. The minimum Gasteiger partial charge on any atom is -0.454 e. The third-order valence-corrected chi connectivity index (χ3v) is 5.70. The van der Waals surface area contributed by atoms with E-state index in [1.165, 1.54) is 10.6 Å². The lowest BCUT2D eigenvalue weighted by Crippen LogP contribution is -2.19. The molecule has 4 aromatic rings. The molecule has 0 saturated heterocycles. The van der Waals surface area contributed by atoms with E-state index < -0.39 is 0 Å². The molecule has 1 aliphatic heterocycles. The highest BCUT2D eigenvalue weighted by molar-refractivity contribution is 7.98. The standard InChI is InChI=1S/C22H18N4O5S/c1-13-8-20-23-16(10-21(27)26(20)31-13)11-32-17-5-2-14(3-6-17)24-22(28)25-15-4-7-18-19(9-15)30-12-29-18/h2-10H,11-12H2,1H3,(H2,24,25,28). The number of carbonyl (C=O) groups is 1. The number of fused-ring (bicyclic) bond motifs is 2. The summed E-state index contributed by atoms with van der Waals surface area (Å²) in [5.74, 6) is 2.42. The zero-order valence-electron chi connectivity index (χ0n) is 17.0. The average molecular weight is 450 g/mol. The van der Waals surface area contributed by atoms with E-state index in [0.29, 0.717) is 45.7 Å². The molecule has 0 atom stereocenters. The van der Waals surface area contributed by atoms with Crippen molar-refractivity contribution in [3.8, 4) is 11.5 Å². The van der Waals surface area contributed by atoms with Crippen LogP contribution in [0.3, 0.4) is 0 Å². The molecule has 0 saturated carbocycles. The van der Waals surface area contributed by atoms with Gasteiger partial charge in [0.1, 0.15) is 5.76 Å². The van der Waals surface area contributed by atoms with E-state index in [9.17, 15) is 9.59 Å². The van der Waals surface area contributed by atoms with Gasteiger partial charge in [-0.3, -0.25) is 4.79 Å². The van der Waals surface area contributed by atoms with Crippen LogP contribution in [0, 0.1) is 6.92 Å². The Hall–Kier alpha value is -3.92. The van der Waals surface area contributed by atoms with Crippen molar-refractivity contribution in [3.63, 3.8) is 0 Å². The van der Waals surface area contributed by atoms with Crippen molar-refractivity contribution in [3.05, 3.63) is 76.4 Å². The Bertz CT molecular complexity index is 1360. The number of hydrogen-bond acceptors (Lipinski definition) is 7. The smallest absolute Gasteiger partial charge is 0.323 e. The first-order valence-corrected chi connectivity index (χ1v) is 10.7. The minimum absolute atomic E-state index is 0.181. The maximum Gasteiger partial charge on any atom is 0.323 e. The molecule has 0 unspecified atom stereocenters. The van der Waals surface area contributed by atoms with Crippen LogP contribution in [0.2, 0.25) is 0 Å². The van der Waals surface area contributed by atoms with Crippen LogP contribution in [-0.4, -0.2) is 22.4 Å². The van der Waals surface area contributed by atoms with Gasteiger partial charge in [-0.2, -0.15) is 0 Å². The molecule has 3 heterocycles. The normalized spacial score (nSPS) is 12.2. The van der Waals surface area contributed by atoms with E-state index >= 15 is 0 Å². The molecule has 2 aromatic heterocycles. The van der Waals surface area contributed by atoms with E-state index in [0.717, 1.165) is 4.90 Å². The number of aromatic nitrogens is 2. The number of urea groups is 1. The molecule has 2 aromatic carbocycles. The van der Waals surface area contributed by atoms with E-state index in [-0.39, 0.29) is 18.4 Å². The molecule has 5 rings (SSSR count). The first-order valence-electron chi connectivity index (χ1n) is 9.74. The van der Waals surface area contributed by atoms with Crippen molar-refractivity contribution < 1.29 is 18.8 Å². The number of rotatable bonds is 5. The van der Waals surface area contributed by atoms with Gasteiger partial charge in [0.15, 0.2) is 17.1 Å². The second-order valence-electron chi connectivity index (χ2n) is 7.04. The summed E-state index contributed by atoms with van der Waals surface area (Å²) in [7, 11) is 0. The van der Waals surface area contributed by atoms with Crippen molar-refractivity contribution in [1.29, 1.82) is 0 Å². The Morgan fingerprint density at radius 2 is 1.78 bits per heavy atom. The van der Waals surface area contributed by atoms with Gasteiger partial charge in [0.05, 0.1) is 5.69 Å². The van der Waals surface area contributed by atoms with Gasteiger partial charge in [-0.15, -0.1) is 16.3 Å². The minimum atomic E-state index is -0.363. The van der Waals surface area contributed by atoms with Crippen LogP contribution < -0.4 is 25.7 Å². The monoisotopic (exact) mass is 450 g/mol. The molecule has 162 valence electrons. The number of anilines is 2. The van der Waals surface area contributed by atoms with Gasteiger partial charge in [0.25, 0.3) is 5.56 Å². The average Bonchev–Trinajstić information content (AvgIpc) is 3.39. The summed E-state index contributed by atoms with van der Waals surface area (Å²) in [5.41, 5.74) is 2.18. The lowest BCUT2D eigenvalue weighted by molar-refractivity contribution is 0.174. The maximum absolute atomic E-state index is 12.3. The van der Waals surface area contributed by atoms with Gasteiger partial charge < -0.3 is 24.6 Å². The van der Waals surface area contributed by atoms with Crippen molar-refractivity contribution in [1.82, 2.24) is 9.56 Å². The van der Waals surface area contributed by atoms with E-state index in [2.05, 4.69) is 15.6 Å². The number of carbonyl (C=O) groups excluding carboxylic acids is 1. The van der Waals surface area contributed by atoms with Crippen LogP contribution >= 0.6 is 11.8 Å². The van der Waals surface area contributed by atoms with Crippen molar-refractivity contribution in [2.24, 2.45) is 0 Å². The van der Waals surface area contributed by atoms with E-state index in [1.54, 1.807) is 43.0 Å². The first kappa shape index (κ1) is 20.0. The summed E-state index contributed by atoms with van der Waals surface area (Å²) in [6.45, 7) is 1.95. The third-order valence-electron chi connectivity index (χ3n) is 4.65. The van der Waals surface area contributed by atoms with Crippen LogP contribution in [-0.2, 0) is 5.75 Å². The molecular formula is C22H18N4O5S. The lowest BCUT2D eigenvalue weighted by Gasteiger charge is -2.09. The van der Waals surface area contributed by atoms with E-state index in [4.69, 9.17) is 14.0 Å². The number of thioether (sulfide) groups is 1. The maximum atomic E-state index is 12.3. The number of nitrogens with one attached hydrogen (secondary N) is 2. The molecule has 2 amide bonds. The SMILES string of the molecule is Cc1cc2nc(CSc3ccc(NC(=O)Nc4ccc5c(c4)OCO5)cc3)cc(=O)n2o1. The highest BCUT2D eigenvalue weighted by Crippen LogP contribution is 2.34. The van der Waals surface area contributed by atoms with Gasteiger partial charge in [-0.25, -0.2) is 9.78 Å². The van der Waals surface area contributed by atoms with Crippen LogP contribution in [0.25, 0.3) is 5.65 Å². The van der Waals surface area contributed by atoms with Gasteiger partial charge in [0.2, 0.25) is 6.79 Å². The van der Waals surface area contributed by atoms with E-state index in [1.807, 2.05) is 24.3 Å². The zero-order valence-corrected chi connectivity index (χ0v) is 17.8. The Labute approximate surface area is 186 Å². The molecule has 1 aliphatic rings. The second-order valence-corrected chi connectivity index (χ2v) is 8.09. The fourth-order valence-electron chi connectivity index (χ4n) is 3.21. The summed E-state index contributed by atoms with van der Waals surface area (Å²) in [6.07, 6.45) is 0. The quantitative estimate of drug-likeness (QED) is 0.438. The lowest BCUT2D eigenvalue weighted by atomic mass is 10.3. The summed E-state index contributed by atoms with van der Waals surface area (Å²) in [4.78, 5) is 29.8. The molecule has 32 heavy (non-hydrogen) atoms. The molecule has 0 radical (unpaired) electrons. The largest absolute Gasteiger partial charge is 0.454 e. The molecule has 0 fully saturated rings. The van der Waals surface area contributed by atoms with Gasteiger partial charge in [0, 0.05) is 40.2 Å². The predicted molar refractivity (Wildman–Crippen MR) is 120 cm³/mol. The summed E-state index contributed by atoms with van der Waals surface area (Å²) >= 11 is 1.54. The van der Waals surface area contributed by atoms with Crippen LogP contribution in [0.15, 0.2) is 68.8 Å². The molecule has 2 N–H and O–H groups in total. The topological polar surface area (TPSA) is 107 Å². The van der Waals surface area contributed by atoms with Crippen molar-refractivity contribution in [2.45, 2.75) is 17.6 Å². The van der Waals surface area contributed by atoms with Crippen LogP contribution in [0.4, 0.5) is 16.2 Å². The van der Waals surface area contributed by atoms with Gasteiger partial charge in [-0.1, -0.05) is 0 Å². The number of ether oxygens (including phenoxy) is 2. The summed E-state index contributed by atoms with van der Waals surface area (Å²) in [5, 5.41) is 5.56. The molecular weight excluding hydrogens is 432 g/mol. The fraction of sp³-hybridized carbons (Fsp3) is 0.136. The second kappa shape index (κ2) is 8.31. The molecule has 9 nitrogen and oxygen atoms in total. The number of aryl methyl sites for hydroxylation is 1. The summed E-state index contributed by atoms with van der Waals surface area (Å²) in [6, 6.07) is 15.5. The highest BCUT2D eigenvalue weighted by atomic mass is 32.2. The molecule has 0 aliphatic carbocycles. The summed E-state index contributed by atoms with van der Waals surface area (Å²) < 4.78 is 17.1. The Balaban J connectivity index is 1.18. The van der Waals surface area contributed by atoms with Crippen molar-refractivity contribution in [2.75, 3.05) is 17.4 Å². The third kappa shape index (κ3) is 4.26. The number of nitrogens with zero attached hydrogens (tertiary/aromatic N) is 2. The van der Waals surface area contributed by atoms with Gasteiger partial charge >= 0.3 is 6.03 Å². The van der Waals surface area contributed by atoms with Gasteiger partial charge in [-0.05, 0) is 43.3 Å². The molecule has 0 spiro atoms. The zero-order chi connectivity index (χ0) is 22.1. The fourth-order valence-corrected chi connectivity index (χ4v) is 4.00. The first-order chi connectivity index (χ1) is 15.5. The Kier molecular flexibility index (Phi) is 5.20. The Morgan fingerprint density at radius 1 is 1.03 bits per heavy atom. The number of amides is 2. The Morgan fingerprint density at radius 3 is 2.62 bits per heavy atom. The molecule has 10 heteroatoms.